The van der Waals surface area contributed by atoms with Crippen molar-refractivity contribution in [1.29, 1.82) is 0 Å². The highest BCUT2D eigenvalue weighted by Crippen LogP contribution is 2.64. The van der Waals surface area contributed by atoms with E-state index in [1.165, 1.54) is 4.90 Å². The Balaban J connectivity index is 1.48. The van der Waals surface area contributed by atoms with Crippen LogP contribution in [-0.2, 0) is 25.8 Å². The number of nitrogens with zero attached hydrogens (tertiary/aromatic N) is 4. The molecule has 1 aromatic heterocycles. The van der Waals surface area contributed by atoms with Crippen LogP contribution in [0, 0.1) is 11.8 Å². The normalized spacial score (nSPS) is 31.6. The standard InChI is InChI=1S/C25H34N6O5/c1-4-12-26-21(33)18-19-23(35)31(15(3)13-32)20(25(19)11-10-24(18,5-2)36-25)22(34)27-14-30-17-9-7-6-8-16(17)28-29-30/h6-9,15,18-20,32H,4-5,10-14H2,1-3H3,(H,26,33)(H,27,34)/t15-,18+,19+,20?,24-,25?/m1/s1. The Labute approximate surface area is 209 Å². The molecular formula is C25H34N6O5. The molecular weight excluding hydrogens is 464 g/mol. The first-order chi connectivity index (χ1) is 17.3. The van der Waals surface area contributed by atoms with Crippen molar-refractivity contribution in [2.75, 3.05) is 13.2 Å². The average Bonchev–Trinajstić information content (AvgIpc) is 3.62. The zero-order chi connectivity index (χ0) is 25.7. The van der Waals surface area contributed by atoms with Crippen LogP contribution in [0.4, 0.5) is 0 Å². The van der Waals surface area contributed by atoms with Gasteiger partial charge in [-0.15, -0.1) is 5.10 Å². The van der Waals surface area contributed by atoms with Crippen molar-refractivity contribution in [3.05, 3.63) is 24.3 Å². The molecule has 1 spiro atoms. The van der Waals surface area contributed by atoms with Crippen molar-refractivity contribution in [2.45, 2.75) is 76.4 Å². The molecule has 36 heavy (non-hydrogen) atoms. The monoisotopic (exact) mass is 498 g/mol. The first kappa shape index (κ1) is 24.6. The van der Waals surface area contributed by atoms with Gasteiger partial charge in [-0.3, -0.25) is 14.4 Å². The number of aliphatic hydroxyl groups is 1. The highest BCUT2D eigenvalue weighted by Gasteiger charge is 2.78. The second-order valence-electron chi connectivity index (χ2n) is 10.2. The van der Waals surface area contributed by atoms with Gasteiger partial charge in [0.15, 0.2) is 0 Å². The van der Waals surface area contributed by atoms with E-state index in [0.717, 1.165) is 11.9 Å². The minimum Gasteiger partial charge on any atom is -0.394 e. The molecule has 5 rings (SSSR count). The Bertz CT molecular complexity index is 1180. The molecule has 11 nitrogen and oxygen atoms in total. The molecule has 4 heterocycles. The number of likely N-dealkylation sites (tertiary alicyclic amines) is 1. The van der Waals surface area contributed by atoms with Crippen molar-refractivity contribution in [2.24, 2.45) is 11.8 Å². The van der Waals surface area contributed by atoms with E-state index >= 15 is 0 Å². The third-order valence-electron chi connectivity index (χ3n) is 8.26. The van der Waals surface area contributed by atoms with E-state index < -0.39 is 41.0 Å². The molecule has 0 saturated carbocycles. The predicted octanol–water partition coefficient (Wildman–Crippen LogP) is 0.567. The zero-order valence-corrected chi connectivity index (χ0v) is 20.9. The predicted molar refractivity (Wildman–Crippen MR) is 129 cm³/mol. The van der Waals surface area contributed by atoms with Gasteiger partial charge in [-0.05, 0) is 44.7 Å². The summed E-state index contributed by atoms with van der Waals surface area (Å²) in [5.74, 6) is -2.37. The minimum atomic E-state index is -1.13. The minimum absolute atomic E-state index is 0.0610. The van der Waals surface area contributed by atoms with Gasteiger partial charge in [-0.1, -0.05) is 31.2 Å². The van der Waals surface area contributed by atoms with E-state index in [9.17, 15) is 19.5 Å². The molecule has 3 saturated heterocycles. The van der Waals surface area contributed by atoms with Gasteiger partial charge in [-0.2, -0.15) is 0 Å². The topological polar surface area (TPSA) is 139 Å². The van der Waals surface area contributed by atoms with Crippen molar-refractivity contribution >= 4 is 28.8 Å². The fourth-order valence-electron chi connectivity index (χ4n) is 6.56. The Morgan fingerprint density at radius 3 is 2.72 bits per heavy atom. The summed E-state index contributed by atoms with van der Waals surface area (Å²) in [6.45, 7) is 5.90. The number of nitrogens with one attached hydrogen (secondary N) is 2. The smallest absolute Gasteiger partial charge is 0.247 e. The molecule has 0 radical (unpaired) electrons. The fraction of sp³-hybridized carbons (Fsp3) is 0.640. The van der Waals surface area contributed by atoms with Crippen LogP contribution in [0.25, 0.3) is 11.0 Å². The molecule has 194 valence electrons. The number of rotatable bonds is 9. The van der Waals surface area contributed by atoms with E-state index in [-0.39, 0.29) is 25.1 Å². The van der Waals surface area contributed by atoms with Crippen molar-refractivity contribution in [3.63, 3.8) is 0 Å². The van der Waals surface area contributed by atoms with Gasteiger partial charge in [0.25, 0.3) is 0 Å². The fourth-order valence-corrected chi connectivity index (χ4v) is 6.56. The van der Waals surface area contributed by atoms with Crippen molar-refractivity contribution < 1.29 is 24.2 Å². The summed E-state index contributed by atoms with van der Waals surface area (Å²) < 4.78 is 8.25. The maximum absolute atomic E-state index is 13.9. The number of hydrogen-bond donors (Lipinski definition) is 3. The summed E-state index contributed by atoms with van der Waals surface area (Å²) in [4.78, 5) is 42.5. The summed E-state index contributed by atoms with van der Waals surface area (Å²) in [5.41, 5.74) is -0.430. The number of amides is 3. The number of aromatic nitrogens is 3. The van der Waals surface area contributed by atoms with Gasteiger partial charge in [0.1, 0.15) is 23.8 Å². The number of carbonyl (C=O) groups is 3. The molecule has 3 fully saturated rings. The first-order valence-electron chi connectivity index (χ1n) is 12.8. The van der Waals surface area contributed by atoms with Gasteiger partial charge in [-0.25, -0.2) is 4.68 Å². The van der Waals surface area contributed by atoms with Crippen LogP contribution in [0.2, 0.25) is 0 Å². The number of hydrogen-bond acceptors (Lipinski definition) is 7. The van der Waals surface area contributed by atoms with Gasteiger partial charge in [0.05, 0.1) is 35.6 Å². The van der Waals surface area contributed by atoms with E-state index in [2.05, 4.69) is 20.9 Å². The summed E-state index contributed by atoms with van der Waals surface area (Å²) in [5, 5.41) is 24.1. The molecule has 0 aliphatic carbocycles. The first-order valence-corrected chi connectivity index (χ1v) is 12.8. The number of carbonyl (C=O) groups excluding carboxylic acids is 3. The lowest BCUT2D eigenvalue weighted by molar-refractivity contribution is -0.150. The van der Waals surface area contributed by atoms with E-state index in [1.807, 2.05) is 38.1 Å². The largest absolute Gasteiger partial charge is 0.394 e. The van der Waals surface area contributed by atoms with Gasteiger partial charge < -0.3 is 25.4 Å². The van der Waals surface area contributed by atoms with Crippen LogP contribution in [0.1, 0.15) is 46.5 Å². The van der Waals surface area contributed by atoms with Gasteiger partial charge in [0.2, 0.25) is 17.7 Å². The van der Waals surface area contributed by atoms with Crippen LogP contribution >= 0.6 is 0 Å². The number of aliphatic hydroxyl groups excluding tert-OH is 1. The second kappa shape index (κ2) is 9.11. The van der Waals surface area contributed by atoms with Crippen LogP contribution in [-0.4, -0.2) is 79.2 Å². The van der Waals surface area contributed by atoms with Crippen molar-refractivity contribution in [3.8, 4) is 0 Å². The van der Waals surface area contributed by atoms with Crippen LogP contribution in [0.15, 0.2) is 24.3 Å². The summed E-state index contributed by atoms with van der Waals surface area (Å²) in [7, 11) is 0. The lowest BCUT2D eigenvalue weighted by atomic mass is 9.65. The van der Waals surface area contributed by atoms with Crippen LogP contribution in [0.5, 0.6) is 0 Å². The quantitative estimate of drug-likeness (QED) is 0.459. The Morgan fingerprint density at radius 1 is 1.22 bits per heavy atom. The highest BCUT2D eigenvalue weighted by molar-refractivity contribution is 5.99. The molecule has 3 amide bonds. The molecule has 3 aliphatic heterocycles. The molecule has 2 unspecified atom stereocenters. The van der Waals surface area contributed by atoms with E-state index in [1.54, 1.807) is 11.6 Å². The lowest BCUT2D eigenvalue weighted by Gasteiger charge is -2.36. The molecule has 1 aromatic carbocycles. The average molecular weight is 499 g/mol. The third kappa shape index (κ3) is 3.43. The maximum atomic E-state index is 13.9. The molecule has 2 aromatic rings. The third-order valence-corrected chi connectivity index (χ3v) is 8.26. The zero-order valence-electron chi connectivity index (χ0n) is 20.9. The molecule has 6 atom stereocenters. The number of ether oxygens (including phenoxy) is 1. The lowest BCUT2D eigenvalue weighted by Crippen LogP contribution is -2.57. The van der Waals surface area contributed by atoms with Crippen LogP contribution < -0.4 is 10.6 Å². The number of fused-ring (bicyclic) bond motifs is 2. The van der Waals surface area contributed by atoms with Gasteiger partial charge >= 0.3 is 0 Å². The Hall–Kier alpha value is -3.05. The van der Waals surface area contributed by atoms with E-state index in [0.29, 0.717) is 31.3 Å². The SMILES string of the molecule is CCCNC(=O)[C@@H]1[C@H]2C(=O)N([C@H](C)CO)C(C(=O)NCn3nnc4ccccc43)C23CC[C@@]1(CC)O3. The Morgan fingerprint density at radius 2 is 2.00 bits per heavy atom. The number of benzene rings is 1. The molecule has 3 aliphatic rings. The number of para-hydroxylation sites is 1. The molecule has 11 heteroatoms. The molecule has 2 bridgehead atoms. The second-order valence-corrected chi connectivity index (χ2v) is 10.2. The highest BCUT2D eigenvalue weighted by atomic mass is 16.5. The summed E-state index contributed by atoms with van der Waals surface area (Å²) >= 11 is 0. The van der Waals surface area contributed by atoms with Crippen molar-refractivity contribution in [1.82, 2.24) is 30.5 Å². The maximum Gasteiger partial charge on any atom is 0.247 e. The summed E-state index contributed by atoms with van der Waals surface area (Å²) in [6.07, 6.45) is 2.43. The Kier molecular flexibility index (Phi) is 6.24. The van der Waals surface area contributed by atoms with E-state index in [4.69, 9.17) is 4.74 Å². The van der Waals surface area contributed by atoms with Crippen LogP contribution in [0.3, 0.4) is 0 Å². The molecule has 3 N–H and O–H groups in total. The summed E-state index contributed by atoms with van der Waals surface area (Å²) in [6, 6.07) is 5.85. The van der Waals surface area contributed by atoms with Gasteiger partial charge in [0, 0.05) is 6.54 Å².